The summed E-state index contributed by atoms with van der Waals surface area (Å²) in [6, 6.07) is 12.0. The van der Waals surface area contributed by atoms with Crippen LogP contribution in [0.15, 0.2) is 42.5 Å². The molecule has 8 heteroatoms. The van der Waals surface area contributed by atoms with Crippen molar-refractivity contribution in [1.29, 1.82) is 0 Å². The molecule has 1 amide bonds. The summed E-state index contributed by atoms with van der Waals surface area (Å²) in [6.45, 7) is 1.47. The van der Waals surface area contributed by atoms with Crippen molar-refractivity contribution in [2.24, 2.45) is 0 Å². The van der Waals surface area contributed by atoms with Crippen LogP contribution in [-0.2, 0) is 9.53 Å². The van der Waals surface area contributed by atoms with Gasteiger partial charge in [-0.3, -0.25) is 4.79 Å². The maximum Gasteiger partial charge on any atom is 0.350 e. The second-order valence-corrected chi connectivity index (χ2v) is 7.68. The van der Waals surface area contributed by atoms with E-state index in [4.69, 9.17) is 39.5 Å². The van der Waals surface area contributed by atoms with Gasteiger partial charge in [-0.05, 0) is 31.2 Å². The van der Waals surface area contributed by atoms with Crippen molar-refractivity contribution in [3.05, 3.63) is 62.4 Å². The largest absolute Gasteiger partial charge is 0.448 e. The Morgan fingerprint density at radius 1 is 1.12 bits per heavy atom. The standard InChI is InChI=1S/C18H12Cl3NO3S/c1-9(17(23)22-13-7-6-10(19)8-12(13)20)25-18(24)16-15(21)11-4-2-3-5-14(11)26-16/h2-9H,1H3,(H,22,23). The molecule has 0 bridgehead atoms. The number of halogens is 3. The number of esters is 1. The predicted octanol–water partition coefficient (Wildman–Crippen LogP) is 6.05. The first-order valence-corrected chi connectivity index (χ1v) is 9.46. The van der Waals surface area contributed by atoms with Crippen LogP contribution in [0.1, 0.15) is 16.6 Å². The Balaban J connectivity index is 1.71. The van der Waals surface area contributed by atoms with Crippen LogP contribution >= 0.6 is 46.1 Å². The zero-order valence-electron chi connectivity index (χ0n) is 13.4. The average molecular weight is 429 g/mol. The minimum atomic E-state index is -1.03. The lowest BCUT2D eigenvalue weighted by Crippen LogP contribution is -2.30. The Kier molecular flexibility index (Phi) is 5.73. The van der Waals surface area contributed by atoms with Crippen LogP contribution < -0.4 is 5.32 Å². The number of amides is 1. The van der Waals surface area contributed by atoms with E-state index in [0.717, 1.165) is 10.1 Å². The van der Waals surface area contributed by atoms with Gasteiger partial charge >= 0.3 is 5.97 Å². The highest BCUT2D eigenvalue weighted by molar-refractivity contribution is 7.21. The fraction of sp³-hybridized carbons (Fsp3) is 0.111. The molecule has 2 aromatic carbocycles. The van der Waals surface area contributed by atoms with Gasteiger partial charge in [0.15, 0.2) is 6.10 Å². The molecule has 134 valence electrons. The lowest BCUT2D eigenvalue weighted by Gasteiger charge is -2.14. The second-order valence-electron chi connectivity index (χ2n) is 5.40. The SMILES string of the molecule is CC(OC(=O)c1sc2ccccc2c1Cl)C(=O)Nc1ccc(Cl)cc1Cl. The fourth-order valence-electron chi connectivity index (χ4n) is 2.24. The number of ether oxygens (including phenoxy) is 1. The molecule has 3 aromatic rings. The highest BCUT2D eigenvalue weighted by Crippen LogP contribution is 2.35. The first-order valence-electron chi connectivity index (χ1n) is 7.50. The Bertz CT molecular complexity index is 1000. The van der Waals surface area contributed by atoms with Crippen molar-refractivity contribution in [3.8, 4) is 0 Å². The molecular weight excluding hydrogens is 417 g/mol. The van der Waals surface area contributed by atoms with Gasteiger partial charge in [0.05, 0.1) is 15.7 Å². The highest BCUT2D eigenvalue weighted by Gasteiger charge is 2.24. The summed E-state index contributed by atoms with van der Waals surface area (Å²) in [6.07, 6.45) is -1.03. The Hall–Kier alpha value is -1.79. The van der Waals surface area contributed by atoms with Crippen molar-refractivity contribution in [2.45, 2.75) is 13.0 Å². The number of nitrogens with one attached hydrogen (secondary N) is 1. The predicted molar refractivity (Wildman–Crippen MR) is 107 cm³/mol. The molecule has 0 aliphatic heterocycles. The average Bonchev–Trinajstić information content (AvgIpc) is 2.94. The van der Waals surface area contributed by atoms with Crippen LogP contribution in [0.25, 0.3) is 10.1 Å². The number of hydrogen-bond donors (Lipinski definition) is 1. The third kappa shape index (κ3) is 3.96. The molecule has 0 saturated heterocycles. The second kappa shape index (κ2) is 7.84. The number of anilines is 1. The first-order chi connectivity index (χ1) is 12.4. The molecule has 0 radical (unpaired) electrons. The molecule has 1 N–H and O–H groups in total. The van der Waals surface area contributed by atoms with Crippen LogP contribution in [0.5, 0.6) is 0 Å². The lowest BCUT2D eigenvalue weighted by molar-refractivity contribution is -0.123. The van der Waals surface area contributed by atoms with Crippen molar-refractivity contribution >= 4 is 73.8 Å². The third-order valence-corrected chi connectivity index (χ3v) is 5.77. The van der Waals surface area contributed by atoms with Crippen LogP contribution in [0.3, 0.4) is 0 Å². The smallest absolute Gasteiger partial charge is 0.350 e. The van der Waals surface area contributed by atoms with Gasteiger partial charge in [0.25, 0.3) is 5.91 Å². The van der Waals surface area contributed by atoms with E-state index in [1.165, 1.54) is 24.3 Å². The molecule has 0 fully saturated rings. The Labute approximate surface area is 168 Å². The van der Waals surface area contributed by atoms with Crippen LogP contribution in [0, 0.1) is 0 Å². The lowest BCUT2D eigenvalue weighted by atomic mass is 10.2. The summed E-state index contributed by atoms with van der Waals surface area (Å²) >= 11 is 19.3. The summed E-state index contributed by atoms with van der Waals surface area (Å²) in [7, 11) is 0. The van der Waals surface area contributed by atoms with E-state index in [0.29, 0.717) is 15.7 Å². The van der Waals surface area contributed by atoms with E-state index in [1.54, 1.807) is 12.1 Å². The van der Waals surface area contributed by atoms with Crippen LogP contribution in [-0.4, -0.2) is 18.0 Å². The van der Waals surface area contributed by atoms with Crippen molar-refractivity contribution in [1.82, 2.24) is 0 Å². The van der Waals surface area contributed by atoms with Crippen LogP contribution in [0.2, 0.25) is 15.1 Å². The summed E-state index contributed by atoms with van der Waals surface area (Å²) in [5.74, 6) is -1.17. The van der Waals surface area contributed by atoms with E-state index >= 15 is 0 Å². The molecule has 0 aliphatic rings. The molecule has 1 aromatic heterocycles. The van der Waals surface area contributed by atoms with E-state index in [9.17, 15) is 9.59 Å². The monoisotopic (exact) mass is 427 g/mol. The van der Waals surface area contributed by atoms with Crippen LogP contribution in [0.4, 0.5) is 5.69 Å². The van der Waals surface area contributed by atoms with Crippen molar-refractivity contribution in [3.63, 3.8) is 0 Å². The minimum absolute atomic E-state index is 0.261. The van der Waals surface area contributed by atoms with Crippen molar-refractivity contribution in [2.75, 3.05) is 5.32 Å². The third-order valence-electron chi connectivity index (χ3n) is 3.56. The number of benzene rings is 2. The summed E-state index contributed by atoms with van der Waals surface area (Å²) in [5.41, 5.74) is 0.379. The Morgan fingerprint density at radius 3 is 2.54 bits per heavy atom. The zero-order valence-corrected chi connectivity index (χ0v) is 16.5. The van der Waals surface area contributed by atoms with Gasteiger partial charge in [-0.15, -0.1) is 11.3 Å². The van der Waals surface area contributed by atoms with Gasteiger partial charge in [0.2, 0.25) is 0 Å². The van der Waals surface area contributed by atoms with Gasteiger partial charge in [0.1, 0.15) is 4.88 Å². The molecular formula is C18H12Cl3NO3S. The molecule has 1 heterocycles. The molecule has 3 rings (SSSR count). The van der Waals surface area contributed by atoms with Gasteiger partial charge in [-0.1, -0.05) is 53.0 Å². The molecule has 0 spiro atoms. The summed E-state index contributed by atoms with van der Waals surface area (Å²) in [4.78, 5) is 24.9. The number of thiophene rings is 1. The van der Waals surface area contributed by atoms with Gasteiger partial charge in [0, 0.05) is 15.1 Å². The summed E-state index contributed by atoms with van der Waals surface area (Å²) < 4.78 is 6.12. The number of fused-ring (bicyclic) bond motifs is 1. The minimum Gasteiger partial charge on any atom is -0.448 e. The normalized spacial score (nSPS) is 12.0. The molecule has 26 heavy (non-hydrogen) atoms. The van der Waals surface area contributed by atoms with Gasteiger partial charge < -0.3 is 10.1 Å². The highest BCUT2D eigenvalue weighted by atomic mass is 35.5. The molecule has 0 saturated carbocycles. The van der Waals surface area contributed by atoms with E-state index in [2.05, 4.69) is 5.32 Å². The van der Waals surface area contributed by atoms with E-state index in [1.807, 2.05) is 24.3 Å². The van der Waals surface area contributed by atoms with Gasteiger partial charge in [-0.2, -0.15) is 0 Å². The quantitative estimate of drug-likeness (QED) is 0.515. The number of rotatable bonds is 4. The zero-order chi connectivity index (χ0) is 18.8. The first kappa shape index (κ1) is 19.0. The topological polar surface area (TPSA) is 55.4 Å². The fourth-order valence-corrected chi connectivity index (χ4v) is 4.09. The number of carbonyl (C=O) groups is 2. The maximum atomic E-state index is 12.4. The maximum absolute atomic E-state index is 12.4. The molecule has 4 nitrogen and oxygen atoms in total. The van der Waals surface area contributed by atoms with Gasteiger partial charge in [-0.25, -0.2) is 4.79 Å². The van der Waals surface area contributed by atoms with E-state index in [-0.39, 0.29) is 9.90 Å². The number of carbonyl (C=O) groups excluding carboxylic acids is 2. The molecule has 1 unspecified atom stereocenters. The molecule has 0 aliphatic carbocycles. The summed E-state index contributed by atoms with van der Waals surface area (Å²) in [5, 5.41) is 4.44. The van der Waals surface area contributed by atoms with E-state index < -0.39 is 18.0 Å². The molecule has 1 atom stereocenters. The number of hydrogen-bond acceptors (Lipinski definition) is 4. The van der Waals surface area contributed by atoms with Crippen molar-refractivity contribution < 1.29 is 14.3 Å². The Morgan fingerprint density at radius 2 is 1.85 bits per heavy atom.